The van der Waals surface area contributed by atoms with Crippen LogP contribution in [0.3, 0.4) is 0 Å². The van der Waals surface area contributed by atoms with Crippen LogP contribution < -0.4 is 13.6 Å². The Morgan fingerprint density at radius 3 is 1.00 bits per heavy atom. The predicted molar refractivity (Wildman–Crippen MR) is 88.8 cm³/mol. The van der Waals surface area contributed by atoms with Crippen molar-refractivity contribution in [3.05, 3.63) is 91.0 Å². The van der Waals surface area contributed by atoms with Crippen LogP contribution in [0.15, 0.2) is 91.0 Å². The maximum atomic E-state index is 13.1. The van der Waals surface area contributed by atoms with Gasteiger partial charge in [-0.25, -0.2) is 0 Å². The number of para-hydroxylation sites is 3. The number of rotatable bonds is 6. The van der Waals surface area contributed by atoms with Crippen LogP contribution in [0.5, 0.6) is 17.2 Å². The molecule has 3 rings (SSSR count). The first-order valence-electron chi connectivity index (χ1n) is 7.07. The Balaban J connectivity index is 0.00000208. The van der Waals surface area contributed by atoms with E-state index in [1.165, 1.54) is 0 Å². The van der Waals surface area contributed by atoms with E-state index in [9.17, 15) is 4.57 Å². The molecule has 0 fully saturated rings. The number of hydrogen-bond donors (Lipinski definition) is 0. The van der Waals surface area contributed by atoms with Gasteiger partial charge in [0.1, 0.15) is 17.2 Å². The monoisotopic (exact) mass is 432 g/mol. The topological polar surface area (TPSA) is 44.8 Å². The summed E-state index contributed by atoms with van der Waals surface area (Å²) in [6.07, 6.45) is 0. The number of benzene rings is 3. The summed E-state index contributed by atoms with van der Waals surface area (Å²) in [5.41, 5.74) is 0. The van der Waals surface area contributed by atoms with Crippen LogP contribution in [0, 0.1) is 0 Å². The summed E-state index contributed by atoms with van der Waals surface area (Å²) in [6, 6.07) is 26.4. The average Bonchev–Trinajstić information content (AvgIpc) is 2.57. The number of phosphoric ester groups is 1. The van der Waals surface area contributed by atoms with Crippen molar-refractivity contribution in [2.24, 2.45) is 0 Å². The summed E-state index contributed by atoms with van der Waals surface area (Å²) < 4.78 is 29.6. The van der Waals surface area contributed by atoms with Gasteiger partial charge >= 0.3 is 28.2 Å². The molecule has 4 nitrogen and oxygen atoms in total. The smallest absolute Gasteiger partial charge is 0.386 e. The van der Waals surface area contributed by atoms with Gasteiger partial charge in [0.05, 0.1) is 0 Å². The largest absolute Gasteiger partial charge is 2.00 e. The number of hydrogen-bond acceptors (Lipinski definition) is 4. The summed E-state index contributed by atoms with van der Waals surface area (Å²) in [5, 5.41) is 0. The molecule has 124 valence electrons. The van der Waals surface area contributed by atoms with E-state index < -0.39 is 7.82 Å². The van der Waals surface area contributed by atoms with Gasteiger partial charge < -0.3 is 13.6 Å². The Morgan fingerprint density at radius 2 is 0.750 bits per heavy atom. The summed E-state index contributed by atoms with van der Waals surface area (Å²) >= 11 is 0. The first-order valence-corrected chi connectivity index (χ1v) is 8.54. The van der Waals surface area contributed by atoms with Crippen molar-refractivity contribution < 1.29 is 38.6 Å². The molecule has 0 atom stereocenters. The molecule has 0 aliphatic carbocycles. The molecule has 0 saturated heterocycles. The summed E-state index contributed by atoms with van der Waals surface area (Å²) in [5.74, 6) is 1.22. The Labute approximate surface area is 154 Å². The molecule has 3 aromatic carbocycles. The molecule has 0 unspecified atom stereocenters. The molecule has 0 bridgehead atoms. The molecule has 0 amide bonds. The van der Waals surface area contributed by atoms with E-state index in [0.717, 1.165) is 0 Å². The van der Waals surface area contributed by atoms with Crippen molar-refractivity contribution in [1.29, 1.82) is 0 Å². The third kappa shape index (κ3) is 5.25. The Bertz CT molecular complexity index is 674. The van der Waals surface area contributed by atoms with Crippen molar-refractivity contribution in [2.45, 2.75) is 0 Å². The Kier molecular flexibility index (Phi) is 6.64. The fourth-order valence-electron chi connectivity index (χ4n) is 1.89. The fraction of sp³-hybridized carbons (Fsp3) is 0. The molecule has 24 heavy (non-hydrogen) atoms. The summed E-state index contributed by atoms with van der Waals surface area (Å²) in [7, 11) is -3.89. The second kappa shape index (κ2) is 8.71. The third-order valence-electron chi connectivity index (χ3n) is 2.88. The quantitative estimate of drug-likeness (QED) is 0.390. The van der Waals surface area contributed by atoms with Gasteiger partial charge in [-0.05, 0) is 36.4 Å². The normalized spacial score (nSPS) is 10.3. The zero-order valence-corrected chi connectivity index (χ0v) is 15.0. The second-order valence-corrected chi connectivity index (χ2v) is 6.10. The van der Waals surface area contributed by atoms with E-state index >= 15 is 0 Å². The van der Waals surface area contributed by atoms with Crippen molar-refractivity contribution >= 4 is 7.82 Å². The standard InChI is InChI=1S/C18H15O4P.Pd/c19-23(20-16-10-4-1-5-11-16,21-17-12-6-2-7-13-17)22-18-14-8-3-9-15-18;/h1-15H;/q;+2. The zero-order chi connectivity index (χ0) is 16.0. The second-order valence-electron chi connectivity index (χ2n) is 4.66. The maximum Gasteiger partial charge on any atom is 2.00 e. The van der Waals surface area contributed by atoms with Crippen LogP contribution in [0.2, 0.25) is 0 Å². The third-order valence-corrected chi connectivity index (χ3v) is 4.18. The minimum Gasteiger partial charge on any atom is -0.386 e. The van der Waals surface area contributed by atoms with Crippen LogP contribution in [0.4, 0.5) is 0 Å². The van der Waals surface area contributed by atoms with Crippen LogP contribution in [-0.4, -0.2) is 0 Å². The number of phosphoric acid groups is 1. The van der Waals surface area contributed by atoms with Crippen molar-refractivity contribution in [1.82, 2.24) is 0 Å². The van der Waals surface area contributed by atoms with Gasteiger partial charge in [-0.15, -0.1) is 0 Å². The fourth-order valence-corrected chi connectivity index (χ4v) is 3.14. The summed E-state index contributed by atoms with van der Waals surface area (Å²) in [6.45, 7) is 0. The van der Waals surface area contributed by atoms with Gasteiger partial charge in [-0.1, -0.05) is 54.6 Å². The van der Waals surface area contributed by atoms with E-state index in [2.05, 4.69) is 0 Å². The molecular formula is C18H15O4PPd+2. The van der Waals surface area contributed by atoms with Gasteiger partial charge in [0, 0.05) is 0 Å². The first-order chi connectivity index (χ1) is 11.2. The molecule has 0 spiro atoms. The van der Waals surface area contributed by atoms with E-state index in [4.69, 9.17) is 13.6 Å². The molecular weight excluding hydrogens is 418 g/mol. The van der Waals surface area contributed by atoms with Crippen molar-refractivity contribution in [3.8, 4) is 17.2 Å². The molecule has 0 aliphatic rings. The Hall–Kier alpha value is -2.05. The summed E-state index contributed by atoms with van der Waals surface area (Å²) in [4.78, 5) is 0. The van der Waals surface area contributed by atoms with E-state index in [-0.39, 0.29) is 20.4 Å². The van der Waals surface area contributed by atoms with Crippen LogP contribution in [0.25, 0.3) is 0 Å². The van der Waals surface area contributed by atoms with Crippen LogP contribution >= 0.6 is 7.82 Å². The average molecular weight is 433 g/mol. The first kappa shape index (κ1) is 18.3. The van der Waals surface area contributed by atoms with Crippen molar-refractivity contribution in [2.75, 3.05) is 0 Å². The molecule has 0 heterocycles. The van der Waals surface area contributed by atoms with Crippen molar-refractivity contribution in [3.63, 3.8) is 0 Å². The molecule has 0 N–H and O–H groups in total. The molecule has 6 heteroatoms. The molecule has 0 aromatic heterocycles. The minimum atomic E-state index is -3.89. The van der Waals surface area contributed by atoms with Gasteiger partial charge in [0.15, 0.2) is 0 Å². The van der Waals surface area contributed by atoms with Gasteiger partial charge in [-0.3, -0.25) is 0 Å². The SMILES string of the molecule is O=P(Oc1ccccc1)(Oc1ccccc1)Oc1ccccc1.[Pd+2]. The molecule has 0 aliphatic heterocycles. The van der Waals surface area contributed by atoms with E-state index in [1.54, 1.807) is 72.8 Å². The van der Waals surface area contributed by atoms with E-state index in [1.807, 2.05) is 18.2 Å². The van der Waals surface area contributed by atoms with Crippen LogP contribution in [-0.2, 0) is 25.0 Å². The molecule has 3 aromatic rings. The zero-order valence-electron chi connectivity index (χ0n) is 12.6. The molecule has 0 radical (unpaired) electrons. The van der Waals surface area contributed by atoms with E-state index in [0.29, 0.717) is 17.2 Å². The van der Waals surface area contributed by atoms with Crippen LogP contribution in [0.1, 0.15) is 0 Å². The Morgan fingerprint density at radius 1 is 0.500 bits per heavy atom. The minimum absolute atomic E-state index is 0. The molecule has 0 saturated carbocycles. The van der Waals surface area contributed by atoms with Gasteiger partial charge in [-0.2, -0.15) is 4.57 Å². The maximum absolute atomic E-state index is 13.1. The van der Waals surface area contributed by atoms with Gasteiger partial charge in [0.2, 0.25) is 0 Å². The predicted octanol–water partition coefficient (Wildman–Crippen LogP) is 5.33. The van der Waals surface area contributed by atoms with Gasteiger partial charge in [0.25, 0.3) is 0 Å².